The van der Waals surface area contributed by atoms with Crippen molar-refractivity contribution in [3.05, 3.63) is 11.8 Å². The maximum Gasteiger partial charge on any atom is 0.0903 e. The molecule has 1 aliphatic rings. The molecule has 0 saturated carbocycles. The van der Waals surface area contributed by atoms with Gasteiger partial charge in [-0.1, -0.05) is 0 Å². The molecule has 1 atom stereocenters. The van der Waals surface area contributed by atoms with Crippen molar-refractivity contribution >= 4 is 11.6 Å². The lowest BCUT2D eigenvalue weighted by molar-refractivity contribution is 0.197. The summed E-state index contributed by atoms with van der Waals surface area (Å²) in [5, 5.41) is 0.198. The Bertz CT molecular complexity index is 109. The van der Waals surface area contributed by atoms with Gasteiger partial charge in [-0.2, -0.15) is 0 Å². The summed E-state index contributed by atoms with van der Waals surface area (Å²) in [5.41, 5.74) is 0. The van der Waals surface area contributed by atoms with Gasteiger partial charge in [-0.3, -0.25) is 0 Å². The van der Waals surface area contributed by atoms with Crippen LogP contribution in [0.3, 0.4) is 0 Å². The van der Waals surface area contributed by atoms with Crippen molar-refractivity contribution in [3.63, 3.8) is 0 Å². The molecule has 1 nitrogen and oxygen atoms in total. The van der Waals surface area contributed by atoms with Crippen molar-refractivity contribution in [2.75, 3.05) is 6.61 Å². The highest BCUT2D eigenvalue weighted by molar-refractivity contribution is 6.21. The van der Waals surface area contributed by atoms with E-state index in [1.165, 1.54) is 0 Å². The number of hydrogen-bond donors (Lipinski definition) is 0. The van der Waals surface area contributed by atoms with E-state index in [9.17, 15) is 0 Å². The summed E-state index contributed by atoms with van der Waals surface area (Å²) in [7, 11) is 0. The van der Waals surface area contributed by atoms with Crippen LogP contribution in [0.4, 0.5) is 0 Å². The summed E-state index contributed by atoms with van der Waals surface area (Å²) in [6.07, 6.45) is 2.88. The highest BCUT2D eigenvalue weighted by atomic mass is 35.5. The second kappa shape index (κ2) is 2.40. The highest BCUT2D eigenvalue weighted by Gasteiger charge is 2.07. The van der Waals surface area contributed by atoms with E-state index >= 15 is 0 Å². The van der Waals surface area contributed by atoms with E-state index in [1.54, 1.807) is 0 Å². The highest BCUT2D eigenvalue weighted by Crippen LogP contribution is 2.14. The maximum absolute atomic E-state index is 5.76. The van der Waals surface area contributed by atoms with E-state index in [1.807, 2.05) is 13.0 Å². The maximum atomic E-state index is 5.76. The molecule has 0 radical (unpaired) electrons. The van der Waals surface area contributed by atoms with Crippen LogP contribution in [0.15, 0.2) is 11.8 Å². The monoisotopic (exact) mass is 132 g/mol. The zero-order valence-corrected chi connectivity index (χ0v) is 5.61. The zero-order chi connectivity index (χ0) is 5.98. The fourth-order valence-corrected chi connectivity index (χ4v) is 0.985. The van der Waals surface area contributed by atoms with Gasteiger partial charge in [-0.25, -0.2) is 0 Å². The van der Waals surface area contributed by atoms with Gasteiger partial charge in [0.25, 0.3) is 0 Å². The quantitative estimate of drug-likeness (QED) is 0.458. The van der Waals surface area contributed by atoms with Crippen LogP contribution in [0.5, 0.6) is 0 Å². The minimum absolute atomic E-state index is 0.198. The number of alkyl halides is 1. The largest absolute Gasteiger partial charge is 0.498 e. The van der Waals surface area contributed by atoms with Crippen molar-refractivity contribution < 1.29 is 4.74 Å². The molecule has 1 unspecified atom stereocenters. The number of halogens is 1. The fourth-order valence-electron chi connectivity index (χ4n) is 0.719. The van der Waals surface area contributed by atoms with Gasteiger partial charge in [0.1, 0.15) is 0 Å². The Labute approximate surface area is 54.3 Å². The van der Waals surface area contributed by atoms with Crippen molar-refractivity contribution in [2.24, 2.45) is 0 Å². The van der Waals surface area contributed by atoms with Crippen LogP contribution < -0.4 is 0 Å². The normalized spacial score (nSPS) is 28.8. The lowest BCUT2D eigenvalue weighted by Gasteiger charge is -2.14. The van der Waals surface area contributed by atoms with Crippen LogP contribution in [0, 0.1) is 0 Å². The zero-order valence-electron chi connectivity index (χ0n) is 4.86. The third-order valence-corrected chi connectivity index (χ3v) is 1.48. The molecule has 2 heteroatoms. The number of hydrogen-bond acceptors (Lipinski definition) is 1. The van der Waals surface area contributed by atoms with Gasteiger partial charge >= 0.3 is 0 Å². The van der Waals surface area contributed by atoms with Gasteiger partial charge in [0.2, 0.25) is 0 Å². The van der Waals surface area contributed by atoms with Crippen LogP contribution >= 0.6 is 11.6 Å². The first-order valence-electron chi connectivity index (χ1n) is 2.74. The molecule has 0 saturated heterocycles. The third-order valence-electron chi connectivity index (χ3n) is 1.14. The second-order valence-electron chi connectivity index (χ2n) is 1.93. The van der Waals surface area contributed by atoms with E-state index in [-0.39, 0.29) is 5.38 Å². The number of allylic oxidation sites excluding steroid dienone is 2. The molecule has 0 aliphatic carbocycles. The van der Waals surface area contributed by atoms with Crippen LogP contribution in [-0.4, -0.2) is 12.0 Å². The Hall–Kier alpha value is -0.170. The van der Waals surface area contributed by atoms with Gasteiger partial charge in [0.15, 0.2) is 0 Å². The Morgan fingerprint density at radius 3 is 3.00 bits per heavy atom. The van der Waals surface area contributed by atoms with Gasteiger partial charge in [-0.05, 0) is 13.0 Å². The van der Waals surface area contributed by atoms with Crippen molar-refractivity contribution in [3.8, 4) is 0 Å². The molecule has 46 valence electrons. The van der Waals surface area contributed by atoms with Gasteiger partial charge in [0, 0.05) is 6.42 Å². The SMILES string of the molecule is CC1=CC(Cl)CCO1. The van der Waals surface area contributed by atoms with E-state index in [0.29, 0.717) is 0 Å². The number of ether oxygens (including phenoxy) is 1. The molecule has 0 amide bonds. The Kier molecular flexibility index (Phi) is 1.79. The summed E-state index contributed by atoms with van der Waals surface area (Å²) in [6, 6.07) is 0. The molecule has 0 spiro atoms. The van der Waals surface area contributed by atoms with Crippen LogP contribution in [0.1, 0.15) is 13.3 Å². The molecule has 0 N–H and O–H groups in total. The molecule has 0 fully saturated rings. The second-order valence-corrected chi connectivity index (χ2v) is 2.49. The molecule has 1 heterocycles. The van der Waals surface area contributed by atoms with Crippen molar-refractivity contribution in [2.45, 2.75) is 18.7 Å². The molecule has 1 rings (SSSR count). The average molecular weight is 133 g/mol. The summed E-state index contributed by atoms with van der Waals surface area (Å²) in [4.78, 5) is 0. The van der Waals surface area contributed by atoms with E-state index < -0.39 is 0 Å². The fraction of sp³-hybridized carbons (Fsp3) is 0.667. The van der Waals surface area contributed by atoms with Gasteiger partial charge in [-0.15, -0.1) is 11.6 Å². The van der Waals surface area contributed by atoms with Crippen LogP contribution in [0.25, 0.3) is 0 Å². The Balaban J connectivity index is 2.50. The first kappa shape index (κ1) is 5.96. The first-order valence-corrected chi connectivity index (χ1v) is 3.18. The summed E-state index contributed by atoms with van der Waals surface area (Å²) in [5.74, 6) is 0.955. The number of rotatable bonds is 0. The lowest BCUT2D eigenvalue weighted by atomic mass is 10.2. The molecule has 0 aromatic rings. The van der Waals surface area contributed by atoms with Crippen molar-refractivity contribution in [1.82, 2.24) is 0 Å². The minimum atomic E-state index is 0.198. The van der Waals surface area contributed by atoms with Gasteiger partial charge < -0.3 is 4.74 Å². The van der Waals surface area contributed by atoms with Crippen molar-refractivity contribution in [1.29, 1.82) is 0 Å². The Morgan fingerprint density at radius 2 is 2.62 bits per heavy atom. The molecular formula is C6H9ClO. The standard InChI is InChI=1S/C6H9ClO/c1-5-4-6(7)2-3-8-5/h4,6H,2-3H2,1H3. The third kappa shape index (κ3) is 1.41. The summed E-state index contributed by atoms with van der Waals surface area (Å²) in [6.45, 7) is 2.70. The van der Waals surface area contributed by atoms with Crippen LogP contribution in [0.2, 0.25) is 0 Å². The molecule has 0 aromatic carbocycles. The molecule has 0 bridgehead atoms. The van der Waals surface area contributed by atoms with Crippen LogP contribution in [-0.2, 0) is 4.74 Å². The minimum Gasteiger partial charge on any atom is -0.498 e. The molecule has 1 aliphatic heterocycles. The molecule has 0 aromatic heterocycles. The molecular weight excluding hydrogens is 124 g/mol. The summed E-state index contributed by atoms with van der Waals surface area (Å²) < 4.78 is 5.12. The lowest BCUT2D eigenvalue weighted by Crippen LogP contribution is -2.08. The predicted molar refractivity (Wildman–Crippen MR) is 34.0 cm³/mol. The van der Waals surface area contributed by atoms with E-state index in [2.05, 4.69) is 0 Å². The van der Waals surface area contributed by atoms with E-state index in [4.69, 9.17) is 16.3 Å². The average Bonchev–Trinajstić information content (AvgIpc) is 1.64. The first-order chi connectivity index (χ1) is 3.79. The van der Waals surface area contributed by atoms with Gasteiger partial charge in [0.05, 0.1) is 17.7 Å². The molecule has 8 heavy (non-hydrogen) atoms. The predicted octanol–water partition coefficient (Wildman–Crippen LogP) is 1.92. The summed E-state index contributed by atoms with van der Waals surface area (Å²) >= 11 is 5.76. The Morgan fingerprint density at radius 1 is 1.88 bits per heavy atom. The van der Waals surface area contributed by atoms with E-state index in [0.717, 1.165) is 18.8 Å². The smallest absolute Gasteiger partial charge is 0.0903 e. The topological polar surface area (TPSA) is 9.23 Å².